The summed E-state index contributed by atoms with van der Waals surface area (Å²) in [6.45, 7) is 6.41. The Hall–Kier alpha value is -1.57. The van der Waals surface area contributed by atoms with Gasteiger partial charge >= 0.3 is 0 Å². The van der Waals surface area contributed by atoms with Gasteiger partial charge in [-0.15, -0.1) is 0 Å². The van der Waals surface area contributed by atoms with Gasteiger partial charge in [0.2, 0.25) is 5.91 Å². The number of amides is 1. The second-order valence-electron chi connectivity index (χ2n) is 4.18. The summed E-state index contributed by atoms with van der Waals surface area (Å²) in [6, 6.07) is 0. The standard InChI is InChI=1S/C15H21NO/c1-3-5-6-9-13(8-4-2)14-10-7-11-15(17)16-12-14/h3-6,8-9,14H,1,7,10-12H2,2H3,(H,16,17)/b6-5-,8-4-,13-9+. The van der Waals surface area contributed by atoms with Gasteiger partial charge < -0.3 is 5.32 Å². The zero-order valence-corrected chi connectivity index (χ0v) is 10.5. The lowest BCUT2D eigenvalue weighted by atomic mass is 9.93. The molecule has 1 rings (SSSR count). The third-order valence-electron chi connectivity index (χ3n) is 2.87. The largest absolute Gasteiger partial charge is 0.355 e. The molecule has 0 bridgehead atoms. The fraction of sp³-hybridized carbons (Fsp3) is 0.400. The highest BCUT2D eigenvalue weighted by molar-refractivity contribution is 5.76. The van der Waals surface area contributed by atoms with Gasteiger partial charge in [0, 0.05) is 18.9 Å². The minimum Gasteiger partial charge on any atom is -0.355 e. The van der Waals surface area contributed by atoms with Crippen molar-refractivity contribution in [1.29, 1.82) is 0 Å². The Kier molecular flexibility index (Phi) is 6.08. The van der Waals surface area contributed by atoms with Gasteiger partial charge in [-0.25, -0.2) is 0 Å². The Morgan fingerprint density at radius 1 is 1.47 bits per heavy atom. The molecule has 1 unspecified atom stereocenters. The summed E-state index contributed by atoms with van der Waals surface area (Å²) >= 11 is 0. The number of carbonyl (C=O) groups is 1. The smallest absolute Gasteiger partial charge is 0.220 e. The summed E-state index contributed by atoms with van der Waals surface area (Å²) in [5.74, 6) is 0.598. The van der Waals surface area contributed by atoms with E-state index < -0.39 is 0 Å². The first kappa shape index (κ1) is 13.5. The number of allylic oxidation sites excluding steroid dienone is 6. The fourth-order valence-corrected chi connectivity index (χ4v) is 1.99. The van der Waals surface area contributed by atoms with Gasteiger partial charge in [0.1, 0.15) is 0 Å². The molecule has 2 nitrogen and oxygen atoms in total. The van der Waals surface area contributed by atoms with Crippen LogP contribution in [0, 0.1) is 5.92 Å². The van der Waals surface area contributed by atoms with Gasteiger partial charge in [-0.1, -0.05) is 43.0 Å². The Balaban J connectivity index is 2.75. The van der Waals surface area contributed by atoms with Crippen molar-refractivity contribution < 1.29 is 4.79 Å². The van der Waals surface area contributed by atoms with Crippen molar-refractivity contribution in [3.8, 4) is 0 Å². The highest BCUT2D eigenvalue weighted by Crippen LogP contribution is 2.21. The quantitative estimate of drug-likeness (QED) is 0.740. The predicted octanol–water partition coefficient (Wildman–Crippen LogP) is 3.15. The number of rotatable bonds is 4. The summed E-state index contributed by atoms with van der Waals surface area (Å²) in [4.78, 5) is 11.3. The lowest BCUT2D eigenvalue weighted by Crippen LogP contribution is -2.26. The van der Waals surface area contributed by atoms with Crippen molar-refractivity contribution >= 4 is 5.91 Å². The molecule has 1 amide bonds. The average Bonchev–Trinajstić information content (AvgIpc) is 2.53. The summed E-state index contributed by atoms with van der Waals surface area (Å²) in [7, 11) is 0. The molecule has 0 aliphatic carbocycles. The van der Waals surface area contributed by atoms with Crippen LogP contribution in [0.1, 0.15) is 26.2 Å². The highest BCUT2D eigenvalue weighted by Gasteiger charge is 2.17. The molecule has 0 radical (unpaired) electrons. The summed E-state index contributed by atoms with van der Waals surface area (Å²) in [5.41, 5.74) is 1.27. The van der Waals surface area contributed by atoms with Crippen molar-refractivity contribution in [2.24, 2.45) is 5.92 Å². The number of nitrogens with one attached hydrogen (secondary N) is 1. The number of carbonyl (C=O) groups excluding carboxylic acids is 1. The van der Waals surface area contributed by atoms with Crippen molar-refractivity contribution in [2.45, 2.75) is 26.2 Å². The van der Waals surface area contributed by atoms with Crippen molar-refractivity contribution in [1.82, 2.24) is 5.32 Å². The first-order chi connectivity index (χ1) is 8.27. The minimum absolute atomic E-state index is 0.175. The fourth-order valence-electron chi connectivity index (χ4n) is 1.99. The molecule has 0 aromatic carbocycles. The highest BCUT2D eigenvalue weighted by atomic mass is 16.1. The van der Waals surface area contributed by atoms with Gasteiger partial charge in [-0.3, -0.25) is 4.79 Å². The molecule has 1 heterocycles. The van der Waals surface area contributed by atoms with Crippen LogP contribution in [-0.2, 0) is 4.79 Å². The van der Waals surface area contributed by atoms with E-state index in [-0.39, 0.29) is 5.91 Å². The molecule has 0 saturated carbocycles. The van der Waals surface area contributed by atoms with Crippen LogP contribution in [0.25, 0.3) is 0 Å². The second kappa shape index (κ2) is 7.66. The molecular formula is C15H21NO. The van der Waals surface area contributed by atoms with Crippen LogP contribution in [0.4, 0.5) is 0 Å². The third kappa shape index (κ3) is 4.85. The van der Waals surface area contributed by atoms with Gasteiger partial charge in [-0.05, 0) is 25.3 Å². The molecule has 1 aliphatic rings. The van der Waals surface area contributed by atoms with E-state index in [0.717, 1.165) is 19.4 Å². The van der Waals surface area contributed by atoms with Crippen molar-refractivity contribution in [3.63, 3.8) is 0 Å². The van der Waals surface area contributed by atoms with E-state index in [4.69, 9.17) is 0 Å². The molecule has 1 aliphatic heterocycles. The summed E-state index contributed by atoms with van der Waals surface area (Å²) in [6.07, 6.45) is 14.6. The normalized spacial score (nSPS) is 22.8. The molecular weight excluding hydrogens is 210 g/mol. The van der Waals surface area contributed by atoms with E-state index in [9.17, 15) is 4.79 Å². The van der Waals surface area contributed by atoms with E-state index in [1.165, 1.54) is 5.57 Å². The minimum atomic E-state index is 0.175. The average molecular weight is 231 g/mol. The van der Waals surface area contributed by atoms with E-state index in [1.54, 1.807) is 6.08 Å². The molecule has 1 fully saturated rings. The first-order valence-electron chi connectivity index (χ1n) is 6.16. The van der Waals surface area contributed by atoms with E-state index in [0.29, 0.717) is 12.3 Å². The monoisotopic (exact) mass is 231 g/mol. The SMILES string of the molecule is C=C\C=C/C=C(\C=C/C)C1CCCC(=O)NC1. The zero-order valence-electron chi connectivity index (χ0n) is 10.5. The van der Waals surface area contributed by atoms with Gasteiger partial charge in [0.15, 0.2) is 0 Å². The zero-order chi connectivity index (χ0) is 12.5. The van der Waals surface area contributed by atoms with E-state index in [2.05, 4.69) is 24.0 Å². The van der Waals surface area contributed by atoms with Crippen LogP contribution in [0.3, 0.4) is 0 Å². The summed E-state index contributed by atoms with van der Waals surface area (Å²) < 4.78 is 0. The summed E-state index contributed by atoms with van der Waals surface area (Å²) in [5, 5.41) is 2.97. The molecule has 2 heteroatoms. The van der Waals surface area contributed by atoms with E-state index >= 15 is 0 Å². The number of hydrogen-bond acceptors (Lipinski definition) is 1. The molecule has 1 N–H and O–H groups in total. The Morgan fingerprint density at radius 3 is 3.00 bits per heavy atom. The lowest BCUT2D eigenvalue weighted by Gasteiger charge is -2.15. The molecule has 0 spiro atoms. The van der Waals surface area contributed by atoms with Crippen LogP contribution in [0.5, 0.6) is 0 Å². The third-order valence-corrected chi connectivity index (χ3v) is 2.87. The predicted molar refractivity (Wildman–Crippen MR) is 72.6 cm³/mol. The maximum atomic E-state index is 11.3. The Morgan fingerprint density at radius 2 is 2.29 bits per heavy atom. The molecule has 1 saturated heterocycles. The molecule has 0 aromatic rings. The van der Waals surface area contributed by atoms with Crippen molar-refractivity contribution in [3.05, 3.63) is 48.6 Å². The first-order valence-corrected chi connectivity index (χ1v) is 6.16. The van der Waals surface area contributed by atoms with Crippen LogP contribution >= 0.6 is 0 Å². The Labute approximate surface area is 104 Å². The van der Waals surface area contributed by atoms with Gasteiger partial charge in [0.25, 0.3) is 0 Å². The van der Waals surface area contributed by atoms with Crippen LogP contribution in [-0.4, -0.2) is 12.5 Å². The van der Waals surface area contributed by atoms with Gasteiger partial charge in [-0.2, -0.15) is 0 Å². The van der Waals surface area contributed by atoms with E-state index in [1.807, 2.05) is 25.2 Å². The lowest BCUT2D eigenvalue weighted by molar-refractivity contribution is -0.120. The number of hydrogen-bond donors (Lipinski definition) is 1. The maximum Gasteiger partial charge on any atom is 0.220 e. The van der Waals surface area contributed by atoms with Crippen molar-refractivity contribution in [2.75, 3.05) is 6.54 Å². The van der Waals surface area contributed by atoms with Crippen LogP contribution in [0.2, 0.25) is 0 Å². The van der Waals surface area contributed by atoms with Gasteiger partial charge in [0.05, 0.1) is 0 Å². The topological polar surface area (TPSA) is 29.1 Å². The van der Waals surface area contributed by atoms with Crippen LogP contribution < -0.4 is 5.32 Å². The molecule has 0 aromatic heterocycles. The molecule has 92 valence electrons. The maximum absolute atomic E-state index is 11.3. The van der Waals surface area contributed by atoms with Crippen LogP contribution in [0.15, 0.2) is 48.6 Å². The molecule has 17 heavy (non-hydrogen) atoms. The second-order valence-corrected chi connectivity index (χ2v) is 4.18. The Bertz CT molecular complexity index is 350. The molecule has 1 atom stereocenters.